The van der Waals surface area contributed by atoms with Crippen molar-refractivity contribution in [1.29, 1.82) is 0 Å². The molecule has 0 fully saturated rings. The Morgan fingerprint density at radius 3 is 1.88 bits per heavy atom. The number of carbonyl (C=O) groups excluding carboxylic acids is 3. The van der Waals surface area contributed by atoms with E-state index in [-0.39, 0.29) is 30.1 Å². The zero-order valence-electron chi connectivity index (χ0n) is 19.8. The molecule has 0 saturated carbocycles. The smallest absolute Gasteiger partial charge is 0.262 e. The van der Waals surface area contributed by atoms with Gasteiger partial charge in [0.1, 0.15) is 5.75 Å². The lowest BCUT2D eigenvalue weighted by atomic mass is 9.82. The number of ketones is 1. The van der Waals surface area contributed by atoms with E-state index in [9.17, 15) is 14.4 Å². The van der Waals surface area contributed by atoms with Gasteiger partial charge in [-0.25, -0.2) is 0 Å². The fourth-order valence-corrected chi connectivity index (χ4v) is 3.27. The summed E-state index contributed by atoms with van der Waals surface area (Å²) in [5, 5.41) is 5.45. The summed E-state index contributed by atoms with van der Waals surface area (Å²) in [6.45, 7) is 6.42. The standard InChI is InChI=1S/C28H30N2O4/c1-4-28(2,3)21-10-16-24(17-11-21)34-19-27(33)30-23-14-12-22(13-15-23)29-26(32)18-25(31)20-8-6-5-7-9-20/h5-17H,4,18-19H2,1-3H3,(H,29,32)(H,30,33). The molecule has 3 aromatic carbocycles. The number of amides is 2. The predicted octanol–water partition coefficient (Wildman–Crippen LogP) is 5.60. The highest BCUT2D eigenvalue weighted by Crippen LogP contribution is 2.28. The Bertz CT molecular complexity index is 1120. The Balaban J connectivity index is 1.45. The van der Waals surface area contributed by atoms with E-state index >= 15 is 0 Å². The molecule has 0 aliphatic carbocycles. The lowest BCUT2D eigenvalue weighted by molar-refractivity contribution is -0.118. The topological polar surface area (TPSA) is 84.5 Å². The third kappa shape index (κ3) is 7.04. The molecule has 0 aliphatic rings. The van der Waals surface area contributed by atoms with Crippen LogP contribution in [-0.4, -0.2) is 24.2 Å². The molecule has 0 atom stereocenters. The van der Waals surface area contributed by atoms with Gasteiger partial charge in [0.2, 0.25) is 5.91 Å². The molecular weight excluding hydrogens is 428 g/mol. The van der Waals surface area contributed by atoms with Crippen molar-refractivity contribution in [3.05, 3.63) is 90.0 Å². The molecule has 176 valence electrons. The second-order valence-corrected chi connectivity index (χ2v) is 8.69. The maximum Gasteiger partial charge on any atom is 0.262 e. The third-order valence-corrected chi connectivity index (χ3v) is 5.76. The van der Waals surface area contributed by atoms with Gasteiger partial charge in [-0.2, -0.15) is 0 Å². The fourth-order valence-electron chi connectivity index (χ4n) is 3.27. The van der Waals surface area contributed by atoms with Gasteiger partial charge in [-0.3, -0.25) is 14.4 Å². The fraction of sp³-hybridized carbons (Fsp3) is 0.250. The van der Waals surface area contributed by atoms with Crippen LogP contribution in [0.1, 0.15) is 49.5 Å². The van der Waals surface area contributed by atoms with Crippen LogP contribution in [0.25, 0.3) is 0 Å². The van der Waals surface area contributed by atoms with Crippen molar-refractivity contribution in [3.63, 3.8) is 0 Å². The molecule has 0 aliphatic heterocycles. The molecule has 0 radical (unpaired) electrons. The average molecular weight is 459 g/mol. The zero-order chi connectivity index (χ0) is 24.6. The summed E-state index contributed by atoms with van der Waals surface area (Å²) in [6.07, 6.45) is 0.792. The van der Waals surface area contributed by atoms with Gasteiger partial charge >= 0.3 is 0 Å². The van der Waals surface area contributed by atoms with Crippen molar-refractivity contribution in [2.75, 3.05) is 17.2 Å². The Labute approximate surface area is 200 Å². The van der Waals surface area contributed by atoms with E-state index in [2.05, 4.69) is 31.4 Å². The van der Waals surface area contributed by atoms with Crippen molar-refractivity contribution >= 4 is 29.0 Å². The van der Waals surface area contributed by atoms with Crippen LogP contribution in [0, 0.1) is 0 Å². The summed E-state index contributed by atoms with van der Waals surface area (Å²) in [5.74, 6) is -0.296. The van der Waals surface area contributed by atoms with Crippen molar-refractivity contribution in [2.24, 2.45) is 0 Å². The first-order valence-corrected chi connectivity index (χ1v) is 11.3. The van der Waals surface area contributed by atoms with E-state index in [1.165, 1.54) is 5.56 Å². The minimum Gasteiger partial charge on any atom is -0.484 e. The van der Waals surface area contributed by atoms with Gasteiger partial charge in [0, 0.05) is 16.9 Å². The monoisotopic (exact) mass is 458 g/mol. The van der Waals surface area contributed by atoms with Gasteiger partial charge < -0.3 is 15.4 Å². The van der Waals surface area contributed by atoms with Crippen LogP contribution in [-0.2, 0) is 15.0 Å². The number of hydrogen-bond acceptors (Lipinski definition) is 4. The second kappa shape index (κ2) is 11.3. The molecule has 0 bridgehead atoms. The number of anilines is 2. The van der Waals surface area contributed by atoms with Crippen LogP contribution in [0.4, 0.5) is 11.4 Å². The summed E-state index contributed by atoms with van der Waals surface area (Å²) in [6, 6.07) is 23.2. The van der Waals surface area contributed by atoms with Crippen LogP contribution in [0.3, 0.4) is 0 Å². The van der Waals surface area contributed by atoms with E-state index < -0.39 is 5.91 Å². The maximum absolute atomic E-state index is 12.2. The molecule has 0 heterocycles. The minimum absolute atomic E-state index is 0.0962. The molecule has 2 N–H and O–H groups in total. The largest absolute Gasteiger partial charge is 0.484 e. The lowest BCUT2D eigenvalue weighted by Crippen LogP contribution is -2.20. The first kappa shape index (κ1) is 24.7. The summed E-state index contributed by atoms with van der Waals surface area (Å²) in [4.78, 5) is 36.5. The summed E-state index contributed by atoms with van der Waals surface area (Å²) in [5.41, 5.74) is 2.93. The van der Waals surface area contributed by atoms with E-state index in [1.807, 2.05) is 30.3 Å². The minimum atomic E-state index is -0.396. The molecule has 6 nitrogen and oxygen atoms in total. The number of benzene rings is 3. The molecular formula is C28H30N2O4. The van der Waals surface area contributed by atoms with Gasteiger partial charge in [0.15, 0.2) is 12.4 Å². The van der Waals surface area contributed by atoms with Gasteiger partial charge in [-0.15, -0.1) is 0 Å². The van der Waals surface area contributed by atoms with Gasteiger partial charge in [-0.1, -0.05) is 63.2 Å². The Hall–Kier alpha value is -3.93. The maximum atomic E-state index is 12.2. The number of rotatable bonds is 10. The zero-order valence-corrected chi connectivity index (χ0v) is 19.8. The van der Waals surface area contributed by atoms with E-state index in [1.54, 1.807) is 48.5 Å². The molecule has 2 amide bonds. The number of hydrogen-bond donors (Lipinski definition) is 2. The molecule has 0 spiro atoms. The van der Waals surface area contributed by atoms with Gasteiger partial charge in [-0.05, 0) is 53.8 Å². The molecule has 3 rings (SSSR count). The van der Waals surface area contributed by atoms with Gasteiger partial charge in [0.25, 0.3) is 5.91 Å². The average Bonchev–Trinajstić information content (AvgIpc) is 2.84. The number of nitrogens with one attached hydrogen (secondary N) is 2. The molecule has 0 aromatic heterocycles. The number of ether oxygens (including phenoxy) is 1. The van der Waals surface area contributed by atoms with Crippen molar-refractivity contribution in [1.82, 2.24) is 0 Å². The summed E-state index contributed by atoms with van der Waals surface area (Å²) >= 11 is 0. The van der Waals surface area contributed by atoms with E-state index in [0.717, 1.165) is 6.42 Å². The third-order valence-electron chi connectivity index (χ3n) is 5.76. The first-order chi connectivity index (χ1) is 16.3. The van der Waals surface area contributed by atoms with Crippen LogP contribution < -0.4 is 15.4 Å². The van der Waals surface area contributed by atoms with Crippen LogP contribution in [0.2, 0.25) is 0 Å². The Kier molecular flexibility index (Phi) is 8.19. The molecule has 34 heavy (non-hydrogen) atoms. The quantitative estimate of drug-likeness (QED) is 0.306. The van der Waals surface area contributed by atoms with Crippen molar-refractivity contribution < 1.29 is 19.1 Å². The number of Topliss-reactive ketones (excluding diaryl/α,β-unsaturated/α-hetero) is 1. The molecule has 0 saturated heterocycles. The normalized spacial score (nSPS) is 10.9. The Morgan fingerprint density at radius 1 is 0.765 bits per heavy atom. The highest BCUT2D eigenvalue weighted by atomic mass is 16.5. The van der Waals surface area contributed by atoms with Crippen LogP contribution >= 0.6 is 0 Å². The molecule has 3 aromatic rings. The predicted molar refractivity (Wildman–Crippen MR) is 134 cm³/mol. The molecule has 6 heteroatoms. The second-order valence-electron chi connectivity index (χ2n) is 8.69. The van der Waals surface area contributed by atoms with E-state index in [0.29, 0.717) is 22.7 Å². The van der Waals surface area contributed by atoms with Crippen LogP contribution in [0.15, 0.2) is 78.9 Å². The first-order valence-electron chi connectivity index (χ1n) is 11.3. The van der Waals surface area contributed by atoms with Crippen molar-refractivity contribution in [2.45, 2.75) is 39.0 Å². The number of carbonyl (C=O) groups is 3. The van der Waals surface area contributed by atoms with E-state index in [4.69, 9.17) is 4.74 Å². The highest BCUT2D eigenvalue weighted by Gasteiger charge is 2.17. The summed E-state index contributed by atoms with van der Waals surface area (Å²) < 4.78 is 5.59. The molecule has 0 unspecified atom stereocenters. The Morgan fingerprint density at radius 2 is 1.32 bits per heavy atom. The van der Waals surface area contributed by atoms with Crippen molar-refractivity contribution in [3.8, 4) is 5.75 Å². The summed E-state index contributed by atoms with van der Waals surface area (Å²) in [7, 11) is 0. The lowest BCUT2D eigenvalue weighted by Gasteiger charge is -2.23. The highest BCUT2D eigenvalue weighted by molar-refractivity contribution is 6.11. The van der Waals surface area contributed by atoms with Crippen LogP contribution in [0.5, 0.6) is 5.75 Å². The SMILES string of the molecule is CCC(C)(C)c1ccc(OCC(=O)Nc2ccc(NC(=O)CC(=O)c3ccccc3)cc2)cc1. The van der Waals surface area contributed by atoms with Gasteiger partial charge in [0.05, 0.1) is 6.42 Å².